The van der Waals surface area contributed by atoms with Crippen LogP contribution in [0.25, 0.3) is 0 Å². The van der Waals surface area contributed by atoms with Crippen LogP contribution < -0.4 is 15.4 Å². The maximum Gasteiger partial charge on any atom is 0.287 e. The number of pyridine rings is 1. The molecule has 0 saturated heterocycles. The summed E-state index contributed by atoms with van der Waals surface area (Å²) in [4.78, 5) is 4.12. The molecule has 2 heterocycles. The lowest BCUT2D eigenvalue weighted by Gasteiger charge is -2.21. The fraction of sp³-hybridized carbons (Fsp3) is 0. The summed E-state index contributed by atoms with van der Waals surface area (Å²) in [5, 5.41) is 6.22. The Morgan fingerprint density at radius 2 is 1.74 bits per heavy atom. The zero-order valence-corrected chi connectivity index (χ0v) is 15.3. The molecule has 0 fully saturated rings. The summed E-state index contributed by atoms with van der Waals surface area (Å²) >= 11 is 6.14. The van der Waals surface area contributed by atoms with E-state index in [1.807, 2.05) is 0 Å². The van der Waals surface area contributed by atoms with Crippen molar-refractivity contribution < 1.29 is 13.2 Å². The Hall–Kier alpha value is -3.10. The molecule has 0 saturated carbocycles. The number of benzene rings is 2. The van der Waals surface area contributed by atoms with Crippen LogP contribution in [0.5, 0.6) is 11.5 Å². The van der Waals surface area contributed by atoms with E-state index in [1.165, 1.54) is 6.07 Å². The van der Waals surface area contributed by atoms with Gasteiger partial charge in [-0.05, 0) is 36.4 Å². The summed E-state index contributed by atoms with van der Waals surface area (Å²) in [6.45, 7) is 0. The van der Waals surface area contributed by atoms with Crippen molar-refractivity contribution in [3.8, 4) is 11.5 Å². The van der Waals surface area contributed by atoms with Crippen LogP contribution in [-0.4, -0.2) is 19.4 Å². The van der Waals surface area contributed by atoms with Gasteiger partial charge in [0.2, 0.25) is 5.96 Å². The minimum absolute atomic E-state index is 0.0126. The average Bonchev–Trinajstić information content (AvgIpc) is 2.64. The number of rotatable bonds is 3. The summed E-state index contributed by atoms with van der Waals surface area (Å²) in [6, 6.07) is 16.8. The van der Waals surface area contributed by atoms with E-state index < -0.39 is 10.0 Å². The number of anilines is 2. The highest BCUT2D eigenvalue weighted by molar-refractivity contribution is 7.90. The third-order valence-electron chi connectivity index (χ3n) is 3.69. The molecule has 0 aliphatic carbocycles. The lowest BCUT2D eigenvalue weighted by Crippen LogP contribution is -2.28. The number of nitrogens with zero attached hydrogens (tertiary/aromatic N) is 2. The molecule has 1 aromatic heterocycles. The number of fused-ring (bicyclic) bond motifs is 1. The van der Waals surface area contributed by atoms with Gasteiger partial charge in [-0.15, -0.1) is 4.40 Å². The zero-order valence-electron chi connectivity index (χ0n) is 13.8. The fourth-order valence-corrected chi connectivity index (χ4v) is 3.77. The van der Waals surface area contributed by atoms with Crippen LogP contribution in [0.1, 0.15) is 0 Å². The lowest BCUT2D eigenvalue weighted by atomic mass is 10.2. The second-order valence-electron chi connectivity index (χ2n) is 5.54. The van der Waals surface area contributed by atoms with E-state index >= 15 is 0 Å². The molecule has 0 atom stereocenters. The standard InChI is InChI=1S/C18H13ClN4O3S/c19-12-6-1-2-7-13(12)26-14-8-5-9-15-17(14)22-18(23-27(15,24)25)21-16-10-3-4-11-20-16/h1-11H,(H2,20,21,22,23). The van der Waals surface area contributed by atoms with Gasteiger partial charge in [0.1, 0.15) is 22.2 Å². The first-order valence-corrected chi connectivity index (χ1v) is 9.70. The molecule has 0 radical (unpaired) electrons. The second kappa shape index (κ2) is 6.90. The Balaban J connectivity index is 1.72. The number of halogens is 1. The third-order valence-corrected chi connectivity index (χ3v) is 5.32. The predicted molar refractivity (Wildman–Crippen MR) is 104 cm³/mol. The summed E-state index contributed by atoms with van der Waals surface area (Å²) in [7, 11) is -3.91. The molecule has 27 heavy (non-hydrogen) atoms. The highest BCUT2D eigenvalue weighted by Gasteiger charge is 2.28. The van der Waals surface area contributed by atoms with Gasteiger partial charge in [0, 0.05) is 6.20 Å². The van der Waals surface area contributed by atoms with Crippen molar-refractivity contribution in [2.45, 2.75) is 4.90 Å². The molecule has 4 rings (SSSR count). The van der Waals surface area contributed by atoms with Gasteiger partial charge in [-0.3, -0.25) is 0 Å². The molecule has 2 aromatic carbocycles. The molecular weight excluding hydrogens is 388 g/mol. The van der Waals surface area contributed by atoms with Gasteiger partial charge in [0.25, 0.3) is 10.0 Å². The molecule has 9 heteroatoms. The van der Waals surface area contributed by atoms with Gasteiger partial charge < -0.3 is 15.4 Å². The van der Waals surface area contributed by atoms with Crippen LogP contribution >= 0.6 is 11.6 Å². The van der Waals surface area contributed by atoms with Gasteiger partial charge in [-0.2, -0.15) is 8.42 Å². The summed E-state index contributed by atoms with van der Waals surface area (Å²) in [5.41, 5.74) is 0.269. The quantitative estimate of drug-likeness (QED) is 0.687. The third kappa shape index (κ3) is 3.57. The number of nitrogens with one attached hydrogen (secondary N) is 2. The normalized spacial score (nSPS) is 14.5. The number of hydrogen-bond acceptors (Lipinski definition) is 6. The van der Waals surface area contributed by atoms with E-state index in [0.717, 1.165) is 0 Å². The second-order valence-corrected chi connectivity index (χ2v) is 7.52. The molecule has 7 nitrogen and oxygen atoms in total. The maximum absolute atomic E-state index is 12.6. The Morgan fingerprint density at radius 1 is 0.963 bits per heavy atom. The minimum Gasteiger partial charge on any atom is -0.454 e. The van der Waals surface area contributed by atoms with Crippen LogP contribution in [-0.2, 0) is 10.0 Å². The fourth-order valence-electron chi connectivity index (χ4n) is 2.50. The monoisotopic (exact) mass is 400 g/mol. The molecule has 1 aliphatic heterocycles. The maximum atomic E-state index is 12.6. The van der Waals surface area contributed by atoms with Crippen molar-refractivity contribution in [2.24, 2.45) is 4.40 Å². The van der Waals surface area contributed by atoms with E-state index in [9.17, 15) is 8.42 Å². The summed E-state index contributed by atoms with van der Waals surface area (Å²) in [6.07, 6.45) is 1.58. The number of aromatic nitrogens is 1. The first-order valence-electron chi connectivity index (χ1n) is 7.88. The number of sulfonamides is 1. The van der Waals surface area contributed by atoms with E-state index in [4.69, 9.17) is 16.3 Å². The molecule has 2 N–H and O–H groups in total. The average molecular weight is 401 g/mol. The van der Waals surface area contributed by atoms with Crippen molar-refractivity contribution in [3.05, 3.63) is 71.9 Å². The zero-order chi connectivity index (χ0) is 18.9. The van der Waals surface area contributed by atoms with Crippen LogP contribution in [0.15, 0.2) is 76.2 Å². The minimum atomic E-state index is -3.91. The lowest BCUT2D eigenvalue weighted by molar-refractivity contribution is 0.483. The van der Waals surface area contributed by atoms with E-state index in [-0.39, 0.29) is 16.5 Å². The van der Waals surface area contributed by atoms with Crippen molar-refractivity contribution >= 4 is 39.1 Å². The molecular formula is C18H13ClN4O3S. The topological polar surface area (TPSA) is 92.7 Å². The largest absolute Gasteiger partial charge is 0.454 e. The Morgan fingerprint density at radius 3 is 2.52 bits per heavy atom. The molecule has 1 aliphatic rings. The first-order chi connectivity index (χ1) is 13.0. The predicted octanol–water partition coefficient (Wildman–Crippen LogP) is 4.11. The smallest absolute Gasteiger partial charge is 0.287 e. The highest BCUT2D eigenvalue weighted by Crippen LogP contribution is 2.39. The van der Waals surface area contributed by atoms with Crippen molar-refractivity contribution in [1.29, 1.82) is 0 Å². The number of para-hydroxylation sites is 2. The molecule has 0 amide bonds. The number of ether oxygens (including phenoxy) is 1. The van der Waals surface area contributed by atoms with Crippen LogP contribution in [0, 0.1) is 0 Å². The van der Waals surface area contributed by atoms with E-state index in [1.54, 1.807) is 60.8 Å². The summed E-state index contributed by atoms with van der Waals surface area (Å²) < 4.78 is 34.8. The SMILES string of the molecule is O=S1(=O)N=C(Nc2ccccn2)Nc2c(Oc3ccccc3Cl)cccc21. The molecule has 3 aromatic rings. The van der Waals surface area contributed by atoms with Gasteiger partial charge in [0.05, 0.1) is 5.02 Å². The Labute approximate surface area is 160 Å². The van der Waals surface area contributed by atoms with Crippen molar-refractivity contribution in [3.63, 3.8) is 0 Å². The van der Waals surface area contributed by atoms with E-state index in [2.05, 4.69) is 20.0 Å². The molecule has 0 spiro atoms. The molecule has 0 bridgehead atoms. The van der Waals surface area contributed by atoms with Crippen LogP contribution in [0.4, 0.5) is 11.5 Å². The van der Waals surface area contributed by atoms with Gasteiger partial charge >= 0.3 is 0 Å². The Kier molecular flexibility index (Phi) is 4.43. The van der Waals surface area contributed by atoms with Crippen molar-refractivity contribution in [1.82, 2.24) is 4.98 Å². The number of guanidine groups is 1. The van der Waals surface area contributed by atoms with E-state index in [0.29, 0.717) is 22.3 Å². The van der Waals surface area contributed by atoms with Crippen LogP contribution in [0.3, 0.4) is 0 Å². The van der Waals surface area contributed by atoms with Gasteiger partial charge in [-0.25, -0.2) is 4.98 Å². The summed E-state index contributed by atoms with van der Waals surface area (Å²) in [5.74, 6) is 1.19. The molecule has 136 valence electrons. The van der Waals surface area contributed by atoms with Crippen molar-refractivity contribution in [2.75, 3.05) is 10.6 Å². The molecule has 0 unspecified atom stereocenters. The Bertz CT molecular complexity index is 1130. The first kappa shape index (κ1) is 17.3. The van der Waals surface area contributed by atoms with Gasteiger partial charge in [0.15, 0.2) is 5.75 Å². The van der Waals surface area contributed by atoms with Gasteiger partial charge in [-0.1, -0.05) is 35.9 Å². The number of hydrogen-bond donors (Lipinski definition) is 2. The highest BCUT2D eigenvalue weighted by atomic mass is 35.5. The van der Waals surface area contributed by atoms with Crippen LogP contribution in [0.2, 0.25) is 5.02 Å².